The molecule has 0 radical (unpaired) electrons. The molecule has 1 amide bonds. The van der Waals surface area contributed by atoms with Gasteiger partial charge in [-0.25, -0.2) is 4.98 Å². The van der Waals surface area contributed by atoms with E-state index in [9.17, 15) is 4.79 Å². The molecule has 1 heterocycles. The highest BCUT2D eigenvalue weighted by Crippen LogP contribution is 2.20. The van der Waals surface area contributed by atoms with Crippen LogP contribution >= 0.6 is 11.6 Å². The lowest BCUT2D eigenvalue weighted by Gasteiger charge is -2.09. The van der Waals surface area contributed by atoms with Gasteiger partial charge in [-0.05, 0) is 36.4 Å². The van der Waals surface area contributed by atoms with Crippen LogP contribution in [0.3, 0.4) is 0 Å². The van der Waals surface area contributed by atoms with Gasteiger partial charge in [0.15, 0.2) is 6.61 Å². The summed E-state index contributed by atoms with van der Waals surface area (Å²) in [7, 11) is 0. The van der Waals surface area contributed by atoms with E-state index in [1.54, 1.807) is 30.3 Å². The third-order valence-corrected chi connectivity index (χ3v) is 3.65. The first-order chi connectivity index (χ1) is 11.7. The second-order valence-corrected chi connectivity index (χ2v) is 5.55. The molecule has 0 saturated heterocycles. The lowest BCUT2D eigenvalue weighted by atomic mass is 10.3. The Kier molecular flexibility index (Phi) is 4.82. The third-order valence-electron chi connectivity index (χ3n) is 3.40. The first-order valence-electron chi connectivity index (χ1n) is 7.42. The predicted molar refractivity (Wildman–Crippen MR) is 95.5 cm³/mol. The molecule has 122 valence electrons. The number of hydrogen-bond acceptors (Lipinski definition) is 3. The molecule has 0 fully saturated rings. The lowest BCUT2D eigenvalue weighted by molar-refractivity contribution is -0.118. The van der Waals surface area contributed by atoms with Crippen LogP contribution in [0.5, 0.6) is 5.75 Å². The number of aromatic nitrogens is 2. The van der Waals surface area contributed by atoms with Crippen molar-refractivity contribution in [3.05, 3.63) is 66.2 Å². The number of ether oxygens (including phenoxy) is 1. The van der Waals surface area contributed by atoms with Gasteiger partial charge in [-0.1, -0.05) is 29.8 Å². The van der Waals surface area contributed by atoms with E-state index in [4.69, 9.17) is 16.3 Å². The van der Waals surface area contributed by atoms with Gasteiger partial charge in [-0.3, -0.25) is 10.1 Å². The van der Waals surface area contributed by atoms with Crippen LogP contribution in [0.25, 0.3) is 11.0 Å². The number of halogens is 1. The Morgan fingerprint density at radius 1 is 1.25 bits per heavy atom. The number of rotatable bonds is 6. The largest absolute Gasteiger partial charge is 0.484 e. The number of hydrogen-bond donors (Lipinski definition) is 1. The zero-order valence-electron chi connectivity index (χ0n) is 12.9. The number of anilines is 1. The summed E-state index contributed by atoms with van der Waals surface area (Å²) in [6, 6.07) is 14.5. The van der Waals surface area contributed by atoms with E-state index in [0.717, 1.165) is 11.0 Å². The van der Waals surface area contributed by atoms with Crippen molar-refractivity contribution in [3.8, 4) is 5.75 Å². The zero-order chi connectivity index (χ0) is 16.9. The fourth-order valence-corrected chi connectivity index (χ4v) is 2.45. The molecule has 2 aromatic carbocycles. The van der Waals surface area contributed by atoms with Crippen LogP contribution in [-0.4, -0.2) is 22.1 Å². The molecule has 3 aromatic rings. The number of imidazole rings is 1. The maximum atomic E-state index is 12.1. The van der Waals surface area contributed by atoms with Gasteiger partial charge in [0.2, 0.25) is 5.95 Å². The van der Waals surface area contributed by atoms with Crippen LogP contribution in [0.4, 0.5) is 5.95 Å². The minimum absolute atomic E-state index is 0.112. The van der Waals surface area contributed by atoms with Gasteiger partial charge >= 0.3 is 0 Å². The van der Waals surface area contributed by atoms with Crippen LogP contribution < -0.4 is 10.1 Å². The molecule has 0 unspecified atom stereocenters. The normalized spacial score (nSPS) is 10.5. The maximum absolute atomic E-state index is 12.1. The van der Waals surface area contributed by atoms with Crippen molar-refractivity contribution >= 4 is 34.5 Å². The number of amides is 1. The molecule has 5 nitrogen and oxygen atoms in total. The van der Waals surface area contributed by atoms with Gasteiger partial charge in [0.25, 0.3) is 5.91 Å². The Labute approximate surface area is 144 Å². The first kappa shape index (κ1) is 16.1. The van der Waals surface area contributed by atoms with E-state index in [1.807, 2.05) is 28.8 Å². The second-order valence-electron chi connectivity index (χ2n) is 5.11. The molecular formula is C18H16ClN3O2. The van der Waals surface area contributed by atoms with Crippen molar-refractivity contribution < 1.29 is 9.53 Å². The highest BCUT2D eigenvalue weighted by atomic mass is 35.5. The van der Waals surface area contributed by atoms with Crippen molar-refractivity contribution in [2.45, 2.75) is 6.54 Å². The van der Waals surface area contributed by atoms with E-state index in [-0.39, 0.29) is 12.5 Å². The Bertz CT molecular complexity index is 872. The van der Waals surface area contributed by atoms with E-state index in [2.05, 4.69) is 16.9 Å². The summed E-state index contributed by atoms with van der Waals surface area (Å²) in [5.41, 5.74) is 1.75. The van der Waals surface area contributed by atoms with Gasteiger partial charge in [-0.15, -0.1) is 6.58 Å². The Morgan fingerprint density at radius 3 is 2.75 bits per heavy atom. The maximum Gasteiger partial charge on any atom is 0.264 e. The molecule has 0 aliphatic carbocycles. The standard InChI is InChI=1S/C18H16ClN3O2/c1-2-11-22-16-6-4-3-5-15(16)20-18(22)21-17(23)12-24-14-9-7-13(19)8-10-14/h2-10H,1,11-12H2,(H,20,21,23). The molecule has 3 rings (SSSR count). The number of carbonyl (C=O) groups excluding carboxylic acids is 1. The van der Waals surface area contributed by atoms with Gasteiger partial charge in [0, 0.05) is 11.6 Å². The van der Waals surface area contributed by atoms with Crippen LogP contribution in [0.1, 0.15) is 0 Å². The first-order valence-corrected chi connectivity index (χ1v) is 7.79. The molecule has 0 atom stereocenters. The van der Waals surface area contributed by atoms with Crippen LogP contribution in [0, 0.1) is 0 Å². The third kappa shape index (κ3) is 3.58. The van der Waals surface area contributed by atoms with Gasteiger partial charge < -0.3 is 9.30 Å². The quantitative estimate of drug-likeness (QED) is 0.692. The van der Waals surface area contributed by atoms with Crippen LogP contribution in [0.2, 0.25) is 5.02 Å². The summed E-state index contributed by atoms with van der Waals surface area (Å²) in [5, 5.41) is 3.40. The van der Waals surface area contributed by atoms with Crippen LogP contribution in [0.15, 0.2) is 61.2 Å². The molecule has 0 spiro atoms. The Morgan fingerprint density at radius 2 is 2.00 bits per heavy atom. The number of carbonyl (C=O) groups is 1. The summed E-state index contributed by atoms with van der Waals surface area (Å²) < 4.78 is 7.33. The summed E-state index contributed by atoms with van der Waals surface area (Å²) >= 11 is 5.81. The highest BCUT2D eigenvalue weighted by molar-refractivity contribution is 6.30. The Balaban J connectivity index is 1.71. The van der Waals surface area contributed by atoms with Gasteiger partial charge in [-0.2, -0.15) is 0 Å². The second kappa shape index (κ2) is 7.19. The molecular weight excluding hydrogens is 326 g/mol. The van der Waals surface area contributed by atoms with Gasteiger partial charge in [0.05, 0.1) is 11.0 Å². The fourth-order valence-electron chi connectivity index (χ4n) is 2.33. The van der Waals surface area contributed by atoms with Crippen molar-refractivity contribution in [1.29, 1.82) is 0 Å². The minimum Gasteiger partial charge on any atom is -0.484 e. The zero-order valence-corrected chi connectivity index (χ0v) is 13.7. The number of nitrogens with zero attached hydrogens (tertiary/aromatic N) is 2. The van der Waals surface area contributed by atoms with Crippen molar-refractivity contribution in [1.82, 2.24) is 9.55 Å². The summed E-state index contributed by atoms with van der Waals surface area (Å²) in [6.45, 7) is 4.19. The molecule has 0 bridgehead atoms. The Hall–Kier alpha value is -2.79. The number of para-hydroxylation sites is 2. The number of nitrogens with one attached hydrogen (secondary N) is 1. The topological polar surface area (TPSA) is 56.2 Å². The van der Waals surface area contributed by atoms with E-state index in [1.165, 1.54) is 0 Å². The molecule has 1 aromatic heterocycles. The van der Waals surface area contributed by atoms with Crippen molar-refractivity contribution in [2.75, 3.05) is 11.9 Å². The summed E-state index contributed by atoms with van der Waals surface area (Å²) in [4.78, 5) is 16.6. The van der Waals surface area contributed by atoms with Gasteiger partial charge in [0.1, 0.15) is 5.75 Å². The predicted octanol–water partition coefficient (Wildman–Crippen LogP) is 3.89. The number of allylic oxidation sites excluding steroid dienone is 1. The molecule has 1 N–H and O–H groups in total. The summed E-state index contributed by atoms with van der Waals surface area (Å²) in [5.74, 6) is 0.764. The molecule has 6 heteroatoms. The van der Waals surface area contributed by atoms with E-state index in [0.29, 0.717) is 23.3 Å². The van der Waals surface area contributed by atoms with E-state index >= 15 is 0 Å². The van der Waals surface area contributed by atoms with Crippen molar-refractivity contribution in [3.63, 3.8) is 0 Å². The number of benzene rings is 2. The minimum atomic E-state index is -0.287. The van der Waals surface area contributed by atoms with E-state index < -0.39 is 0 Å². The molecule has 24 heavy (non-hydrogen) atoms. The average Bonchev–Trinajstić information content (AvgIpc) is 2.92. The monoisotopic (exact) mass is 341 g/mol. The SMILES string of the molecule is C=CCn1c(NC(=O)COc2ccc(Cl)cc2)nc2ccccc21. The average molecular weight is 342 g/mol. The molecule has 0 aliphatic heterocycles. The molecule has 0 aliphatic rings. The van der Waals surface area contributed by atoms with Crippen molar-refractivity contribution in [2.24, 2.45) is 0 Å². The smallest absolute Gasteiger partial charge is 0.264 e. The van der Waals surface area contributed by atoms with Crippen LogP contribution in [-0.2, 0) is 11.3 Å². The number of fused-ring (bicyclic) bond motifs is 1. The lowest BCUT2D eigenvalue weighted by Crippen LogP contribution is -2.22. The highest BCUT2D eigenvalue weighted by Gasteiger charge is 2.12. The molecule has 0 saturated carbocycles. The summed E-state index contributed by atoms with van der Waals surface area (Å²) in [6.07, 6.45) is 1.76. The fraction of sp³-hybridized carbons (Fsp3) is 0.111.